The number of hydrogen-bond acceptors (Lipinski definition) is 2. The molecule has 0 saturated carbocycles. The van der Waals surface area contributed by atoms with Crippen LogP contribution in [0.4, 0.5) is 13.2 Å². The SMILES string of the molecule is OC1CCCc2nc(-c3ccc(C(F)(F)F)cc3)cn21. The molecule has 1 N–H and O–H groups in total. The summed E-state index contributed by atoms with van der Waals surface area (Å²) in [5, 5.41) is 9.85. The molecular formula is C14H13F3N2O. The molecule has 0 fully saturated rings. The van der Waals surface area contributed by atoms with Gasteiger partial charge in [-0.3, -0.25) is 0 Å². The number of aromatic nitrogens is 2. The number of fused-ring (bicyclic) bond motifs is 1. The Hall–Kier alpha value is -1.82. The van der Waals surface area contributed by atoms with Gasteiger partial charge >= 0.3 is 6.18 Å². The van der Waals surface area contributed by atoms with Crippen LogP contribution in [0.3, 0.4) is 0 Å². The number of benzene rings is 1. The number of imidazole rings is 1. The Bertz CT molecular complexity index is 616. The summed E-state index contributed by atoms with van der Waals surface area (Å²) in [5.41, 5.74) is 0.534. The fraction of sp³-hybridized carbons (Fsp3) is 0.357. The van der Waals surface area contributed by atoms with Crippen LogP contribution in [0, 0.1) is 0 Å². The molecule has 0 bridgehead atoms. The maximum atomic E-state index is 12.5. The van der Waals surface area contributed by atoms with Crippen molar-refractivity contribution in [1.29, 1.82) is 0 Å². The Labute approximate surface area is 113 Å². The highest BCUT2D eigenvalue weighted by Gasteiger charge is 2.30. The summed E-state index contributed by atoms with van der Waals surface area (Å²) in [4.78, 5) is 4.38. The molecular weight excluding hydrogens is 269 g/mol. The van der Waals surface area contributed by atoms with Crippen LogP contribution < -0.4 is 0 Å². The second-order valence-corrected chi connectivity index (χ2v) is 4.90. The minimum absolute atomic E-state index is 0.588. The maximum Gasteiger partial charge on any atom is 0.416 e. The summed E-state index contributed by atoms with van der Waals surface area (Å²) < 4.78 is 39.2. The molecule has 1 unspecified atom stereocenters. The highest BCUT2D eigenvalue weighted by molar-refractivity contribution is 5.59. The predicted molar refractivity (Wildman–Crippen MR) is 66.9 cm³/mol. The van der Waals surface area contributed by atoms with E-state index in [1.54, 1.807) is 10.8 Å². The zero-order chi connectivity index (χ0) is 14.3. The average molecular weight is 282 g/mol. The number of nitrogens with zero attached hydrogens (tertiary/aromatic N) is 2. The van der Waals surface area contributed by atoms with Crippen molar-refractivity contribution < 1.29 is 18.3 Å². The van der Waals surface area contributed by atoms with E-state index in [1.807, 2.05) is 0 Å². The van der Waals surface area contributed by atoms with Crippen LogP contribution in [0.2, 0.25) is 0 Å². The monoisotopic (exact) mass is 282 g/mol. The molecule has 2 aromatic rings. The van der Waals surface area contributed by atoms with Crippen molar-refractivity contribution in [3.63, 3.8) is 0 Å². The number of hydrogen-bond donors (Lipinski definition) is 1. The van der Waals surface area contributed by atoms with E-state index < -0.39 is 18.0 Å². The fourth-order valence-corrected chi connectivity index (χ4v) is 2.43. The van der Waals surface area contributed by atoms with Crippen LogP contribution in [0.5, 0.6) is 0 Å². The smallest absolute Gasteiger partial charge is 0.373 e. The van der Waals surface area contributed by atoms with Crippen LogP contribution in [-0.2, 0) is 12.6 Å². The van der Waals surface area contributed by atoms with E-state index in [9.17, 15) is 18.3 Å². The molecule has 1 atom stereocenters. The van der Waals surface area contributed by atoms with Gasteiger partial charge < -0.3 is 9.67 Å². The molecule has 1 aromatic carbocycles. The highest BCUT2D eigenvalue weighted by Crippen LogP contribution is 2.32. The van der Waals surface area contributed by atoms with Gasteiger partial charge in [0, 0.05) is 18.2 Å². The van der Waals surface area contributed by atoms with E-state index in [2.05, 4.69) is 4.98 Å². The van der Waals surface area contributed by atoms with Gasteiger partial charge in [0.2, 0.25) is 0 Å². The first kappa shape index (κ1) is 13.2. The molecule has 0 amide bonds. The highest BCUT2D eigenvalue weighted by atomic mass is 19.4. The van der Waals surface area contributed by atoms with Crippen LogP contribution >= 0.6 is 0 Å². The Kier molecular flexibility index (Phi) is 3.05. The number of alkyl halides is 3. The lowest BCUT2D eigenvalue weighted by atomic mass is 10.1. The van der Waals surface area contributed by atoms with E-state index >= 15 is 0 Å². The number of aliphatic hydroxyl groups excluding tert-OH is 1. The zero-order valence-corrected chi connectivity index (χ0v) is 10.6. The number of halogens is 3. The largest absolute Gasteiger partial charge is 0.416 e. The van der Waals surface area contributed by atoms with E-state index in [0.29, 0.717) is 17.7 Å². The first-order valence-corrected chi connectivity index (χ1v) is 6.38. The van der Waals surface area contributed by atoms with Gasteiger partial charge in [-0.05, 0) is 25.0 Å². The topological polar surface area (TPSA) is 38.1 Å². The van der Waals surface area contributed by atoms with Gasteiger partial charge in [-0.15, -0.1) is 0 Å². The molecule has 6 heteroatoms. The molecule has 3 nitrogen and oxygen atoms in total. The van der Waals surface area contributed by atoms with Gasteiger partial charge in [0.1, 0.15) is 12.1 Å². The second-order valence-electron chi connectivity index (χ2n) is 4.90. The molecule has 0 saturated heterocycles. The third kappa shape index (κ3) is 2.31. The zero-order valence-electron chi connectivity index (χ0n) is 10.6. The molecule has 3 rings (SSSR count). The molecule has 106 valence electrons. The molecule has 2 heterocycles. The summed E-state index contributed by atoms with van der Waals surface area (Å²) in [6.45, 7) is 0. The van der Waals surface area contributed by atoms with E-state index in [-0.39, 0.29) is 0 Å². The standard InChI is InChI=1S/C14H13F3N2O/c15-14(16,17)10-6-4-9(5-7-10)11-8-19-12(18-11)2-1-3-13(19)20/h4-8,13,20H,1-3H2. The van der Waals surface area contributed by atoms with Crippen LogP contribution in [0.1, 0.15) is 30.5 Å². The number of rotatable bonds is 1. The van der Waals surface area contributed by atoms with Gasteiger partial charge in [-0.25, -0.2) is 4.98 Å². The van der Waals surface area contributed by atoms with Gasteiger partial charge in [0.25, 0.3) is 0 Å². The van der Waals surface area contributed by atoms with Crippen molar-refractivity contribution in [2.45, 2.75) is 31.7 Å². The lowest BCUT2D eigenvalue weighted by Crippen LogP contribution is -2.16. The normalized spacial score (nSPS) is 18.9. The fourth-order valence-electron chi connectivity index (χ4n) is 2.43. The Morgan fingerprint density at radius 3 is 2.50 bits per heavy atom. The van der Waals surface area contributed by atoms with Crippen LogP contribution in [-0.4, -0.2) is 14.7 Å². The Morgan fingerprint density at radius 1 is 1.20 bits per heavy atom. The quantitative estimate of drug-likeness (QED) is 0.870. The Morgan fingerprint density at radius 2 is 1.90 bits per heavy atom. The summed E-state index contributed by atoms with van der Waals surface area (Å²) >= 11 is 0. The van der Waals surface area contributed by atoms with Crippen molar-refractivity contribution in [2.24, 2.45) is 0 Å². The summed E-state index contributed by atoms with van der Waals surface area (Å²) in [7, 11) is 0. The summed E-state index contributed by atoms with van der Waals surface area (Å²) in [6, 6.07) is 4.90. The number of aliphatic hydroxyl groups is 1. The second kappa shape index (κ2) is 4.63. The first-order chi connectivity index (χ1) is 9.45. The van der Waals surface area contributed by atoms with Crippen molar-refractivity contribution in [3.8, 4) is 11.3 Å². The van der Waals surface area contributed by atoms with Gasteiger partial charge in [-0.2, -0.15) is 13.2 Å². The van der Waals surface area contributed by atoms with Crippen molar-refractivity contribution in [2.75, 3.05) is 0 Å². The molecule has 1 aliphatic heterocycles. The minimum Gasteiger partial charge on any atom is -0.373 e. The van der Waals surface area contributed by atoms with Crippen molar-refractivity contribution in [3.05, 3.63) is 41.9 Å². The van der Waals surface area contributed by atoms with Gasteiger partial charge in [0.05, 0.1) is 11.3 Å². The molecule has 0 spiro atoms. The number of aryl methyl sites for hydroxylation is 1. The van der Waals surface area contributed by atoms with Crippen LogP contribution in [0.25, 0.3) is 11.3 Å². The molecule has 0 radical (unpaired) electrons. The molecule has 20 heavy (non-hydrogen) atoms. The molecule has 1 aliphatic rings. The minimum atomic E-state index is -4.33. The third-order valence-corrected chi connectivity index (χ3v) is 3.50. The average Bonchev–Trinajstić information content (AvgIpc) is 2.83. The Balaban J connectivity index is 1.94. The first-order valence-electron chi connectivity index (χ1n) is 6.38. The van der Waals surface area contributed by atoms with E-state index in [0.717, 1.165) is 30.8 Å². The van der Waals surface area contributed by atoms with Crippen molar-refractivity contribution in [1.82, 2.24) is 9.55 Å². The van der Waals surface area contributed by atoms with Gasteiger partial charge in [-0.1, -0.05) is 12.1 Å². The van der Waals surface area contributed by atoms with E-state index in [1.165, 1.54) is 12.1 Å². The van der Waals surface area contributed by atoms with Crippen LogP contribution in [0.15, 0.2) is 30.5 Å². The lowest BCUT2D eigenvalue weighted by Gasteiger charge is -2.19. The van der Waals surface area contributed by atoms with E-state index in [4.69, 9.17) is 0 Å². The lowest BCUT2D eigenvalue weighted by molar-refractivity contribution is -0.137. The maximum absolute atomic E-state index is 12.5. The van der Waals surface area contributed by atoms with Crippen molar-refractivity contribution >= 4 is 0 Å². The molecule has 0 aliphatic carbocycles. The molecule has 1 aromatic heterocycles. The third-order valence-electron chi connectivity index (χ3n) is 3.50. The predicted octanol–water partition coefficient (Wildman–Crippen LogP) is 3.40. The van der Waals surface area contributed by atoms with Gasteiger partial charge in [0.15, 0.2) is 0 Å². The summed E-state index contributed by atoms with van der Waals surface area (Å²) in [5.74, 6) is 0.777. The summed E-state index contributed by atoms with van der Waals surface area (Å²) in [6.07, 6.45) is -0.906.